The van der Waals surface area contributed by atoms with Crippen molar-refractivity contribution in [2.24, 2.45) is 0 Å². The van der Waals surface area contributed by atoms with Gasteiger partial charge in [0.2, 0.25) is 0 Å². The van der Waals surface area contributed by atoms with Gasteiger partial charge in [0.15, 0.2) is 0 Å². The summed E-state index contributed by atoms with van der Waals surface area (Å²) in [6.45, 7) is 5.69. The van der Waals surface area contributed by atoms with Crippen molar-refractivity contribution in [1.29, 1.82) is 0 Å². The fourth-order valence-corrected chi connectivity index (χ4v) is 0.328. The molecule has 0 atom stereocenters. The summed E-state index contributed by atoms with van der Waals surface area (Å²) < 4.78 is 9.47. The van der Waals surface area contributed by atoms with E-state index in [1.807, 2.05) is 13.8 Å². The largest absolute Gasteiger partial charge is 0.344 e. The summed E-state index contributed by atoms with van der Waals surface area (Å²) >= 11 is 0. The second-order valence-electron chi connectivity index (χ2n) is 1.06. The molecule has 0 aromatic heterocycles. The molecule has 0 bridgehead atoms. The Labute approximate surface area is 56.1 Å². The van der Waals surface area contributed by atoms with E-state index >= 15 is 0 Å². The van der Waals surface area contributed by atoms with Crippen molar-refractivity contribution in [1.82, 2.24) is 11.5 Å². The Morgan fingerprint density at radius 2 is 1.56 bits per heavy atom. The van der Waals surface area contributed by atoms with Gasteiger partial charge in [0.1, 0.15) is 20.3 Å². The third-order valence-electron chi connectivity index (χ3n) is 0.575. The fourth-order valence-electron chi connectivity index (χ4n) is 0.328. The minimum absolute atomic E-state index is 0. The van der Waals surface area contributed by atoms with Crippen LogP contribution in [0, 0.1) is 0 Å². The van der Waals surface area contributed by atoms with E-state index in [1.165, 1.54) is 0 Å². The van der Waals surface area contributed by atoms with Gasteiger partial charge in [-0.15, -0.1) is 0 Å². The third-order valence-corrected chi connectivity index (χ3v) is 0.575. The molecule has 0 radical (unpaired) electrons. The smallest absolute Gasteiger partial charge is 0.150 e. The summed E-state index contributed by atoms with van der Waals surface area (Å²) in [6.07, 6.45) is 0. The molecule has 9 heavy (non-hydrogen) atoms. The van der Waals surface area contributed by atoms with Crippen LogP contribution in [-0.2, 0) is 9.47 Å². The zero-order valence-electron chi connectivity index (χ0n) is 6.14. The number of hydrogen-bond donors (Lipinski definition) is 2. The molecule has 1 saturated heterocycles. The van der Waals surface area contributed by atoms with Crippen molar-refractivity contribution in [3.63, 3.8) is 0 Å². The molecule has 0 amide bonds. The topological polar surface area (TPSA) is 65.5 Å². The lowest BCUT2D eigenvalue weighted by Crippen LogP contribution is -2.28. The summed E-state index contributed by atoms with van der Waals surface area (Å²) in [5.41, 5.74) is 0. The van der Waals surface area contributed by atoms with Crippen LogP contribution in [0.5, 0.6) is 0 Å². The average Bonchev–Trinajstić information content (AvgIpc) is 1.96. The number of nitrogens with one attached hydrogen (secondary N) is 1. The zero-order valence-corrected chi connectivity index (χ0v) is 6.14. The highest BCUT2D eigenvalue weighted by molar-refractivity contribution is 4.26. The predicted octanol–water partition coefficient (Wildman–Crippen LogP) is 0.683. The van der Waals surface area contributed by atoms with E-state index in [-0.39, 0.29) is 6.15 Å². The highest BCUT2D eigenvalue weighted by Gasteiger charge is 1.92. The van der Waals surface area contributed by atoms with E-state index in [1.54, 1.807) is 0 Å². The molecule has 0 aliphatic carbocycles. The van der Waals surface area contributed by atoms with Gasteiger partial charge in [0.25, 0.3) is 0 Å². The highest BCUT2D eigenvalue weighted by atomic mass is 16.7. The Balaban J connectivity index is 0. The van der Waals surface area contributed by atoms with Gasteiger partial charge in [-0.2, -0.15) is 0 Å². The zero-order chi connectivity index (χ0) is 6.24. The quantitative estimate of drug-likeness (QED) is 0.514. The van der Waals surface area contributed by atoms with Gasteiger partial charge >= 0.3 is 0 Å². The molecule has 0 spiro atoms. The van der Waals surface area contributed by atoms with Crippen LogP contribution in [0.25, 0.3) is 0 Å². The lowest BCUT2D eigenvalue weighted by Gasteiger charge is -2.11. The van der Waals surface area contributed by atoms with Crippen LogP contribution >= 0.6 is 0 Å². The Morgan fingerprint density at radius 3 is 1.67 bits per heavy atom. The maximum Gasteiger partial charge on any atom is 0.150 e. The molecule has 4 N–H and O–H groups in total. The van der Waals surface area contributed by atoms with E-state index in [4.69, 9.17) is 9.47 Å². The van der Waals surface area contributed by atoms with Crippen LogP contribution in [0.1, 0.15) is 13.8 Å². The van der Waals surface area contributed by atoms with Crippen LogP contribution in [0.4, 0.5) is 0 Å². The van der Waals surface area contributed by atoms with Gasteiger partial charge in [-0.25, -0.2) is 0 Å². The molecule has 58 valence electrons. The van der Waals surface area contributed by atoms with E-state index < -0.39 is 0 Å². The molecule has 1 fully saturated rings. The van der Waals surface area contributed by atoms with Crippen LogP contribution in [0.3, 0.4) is 0 Å². The van der Waals surface area contributed by atoms with Gasteiger partial charge < -0.3 is 15.6 Å². The average molecular weight is 136 g/mol. The second-order valence-corrected chi connectivity index (χ2v) is 1.06. The van der Waals surface area contributed by atoms with Gasteiger partial charge in [0, 0.05) is 0 Å². The van der Waals surface area contributed by atoms with E-state index in [0.29, 0.717) is 20.3 Å². The summed E-state index contributed by atoms with van der Waals surface area (Å²) in [4.78, 5) is 0. The molecule has 4 heteroatoms. The van der Waals surface area contributed by atoms with Gasteiger partial charge in [-0.05, 0) is 0 Å². The Kier molecular flexibility index (Phi) is 13.9. The first-order chi connectivity index (χ1) is 4.00. The van der Waals surface area contributed by atoms with Crippen molar-refractivity contribution in [3.8, 4) is 0 Å². The van der Waals surface area contributed by atoms with Crippen LogP contribution in [0.2, 0.25) is 0 Å². The van der Waals surface area contributed by atoms with Gasteiger partial charge in [-0.3, -0.25) is 5.32 Å². The minimum Gasteiger partial charge on any atom is -0.344 e. The van der Waals surface area contributed by atoms with Gasteiger partial charge in [-0.1, -0.05) is 13.8 Å². The van der Waals surface area contributed by atoms with Crippen molar-refractivity contribution in [2.75, 3.05) is 20.3 Å². The second kappa shape index (κ2) is 10.8. The number of rotatable bonds is 0. The summed E-state index contributed by atoms with van der Waals surface area (Å²) in [5.74, 6) is 0. The van der Waals surface area contributed by atoms with Crippen LogP contribution < -0.4 is 11.5 Å². The molecular weight excluding hydrogens is 120 g/mol. The summed E-state index contributed by atoms with van der Waals surface area (Å²) in [7, 11) is 0. The molecule has 0 saturated carbocycles. The first-order valence-corrected chi connectivity index (χ1v) is 2.86. The lowest BCUT2D eigenvalue weighted by molar-refractivity contribution is -0.113. The summed E-state index contributed by atoms with van der Waals surface area (Å²) in [5, 5.41) is 2.84. The Hall–Kier alpha value is -0.160. The maximum atomic E-state index is 4.74. The van der Waals surface area contributed by atoms with Crippen LogP contribution in [-0.4, -0.2) is 20.3 Å². The Morgan fingerprint density at radius 1 is 1.11 bits per heavy atom. The van der Waals surface area contributed by atoms with E-state index in [0.717, 1.165) is 0 Å². The Bertz CT molecular complexity index is 28.4. The first kappa shape index (κ1) is 11.6. The van der Waals surface area contributed by atoms with Crippen LogP contribution in [0.15, 0.2) is 0 Å². The number of ether oxygens (including phenoxy) is 2. The summed E-state index contributed by atoms with van der Waals surface area (Å²) in [6, 6.07) is 0. The van der Waals surface area contributed by atoms with E-state index in [9.17, 15) is 0 Å². The van der Waals surface area contributed by atoms with Crippen molar-refractivity contribution in [3.05, 3.63) is 0 Å². The normalized spacial score (nSPS) is 16.7. The minimum atomic E-state index is 0. The molecule has 4 nitrogen and oxygen atoms in total. The van der Waals surface area contributed by atoms with Crippen molar-refractivity contribution < 1.29 is 9.47 Å². The van der Waals surface area contributed by atoms with Crippen molar-refractivity contribution in [2.45, 2.75) is 13.8 Å². The molecule has 1 heterocycles. The standard InChI is InChI=1S/C3H7NO2.C2H6.H3N/c1-4-2-6-3-5-1;1-2;/h4H,1-3H2;1-2H3;1H3. The molecule has 1 rings (SSSR count). The molecule has 0 aromatic rings. The van der Waals surface area contributed by atoms with E-state index in [2.05, 4.69) is 5.32 Å². The molecule has 1 aliphatic heterocycles. The molecule has 1 aliphatic rings. The van der Waals surface area contributed by atoms with Crippen molar-refractivity contribution >= 4 is 0 Å². The predicted molar refractivity (Wildman–Crippen MR) is 36.3 cm³/mol. The third kappa shape index (κ3) is 7.84. The first-order valence-electron chi connectivity index (χ1n) is 2.86. The van der Waals surface area contributed by atoms with Gasteiger partial charge in [0.05, 0.1) is 0 Å². The molecule has 0 aromatic carbocycles. The lowest BCUT2D eigenvalue weighted by atomic mass is 11.0. The SMILES string of the molecule is C1NCOCO1.CC.N. The number of hydrogen-bond acceptors (Lipinski definition) is 4. The fraction of sp³-hybridized carbons (Fsp3) is 1.00. The monoisotopic (exact) mass is 136 g/mol. The maximum absolute atomic E-state index is 4.74. The molecular formula is C5H16N2O2. The highest BCUT2D eigenvalue weighted by Crippen LogP contribution is 1.79. The molecule has 0 unspecified atom stereocenters.